The van der Waals surface area contributed by atoms with Crippen LogP contribution in [0.4, 0.5) is 4.79 Å². The van der Waals surface area contributed by atoms with Crippen molar-refractivity contribution < 1.29 is 14.1 Å². The second-order valence-electron chi connectivity index (χ2n) is 5.16. The summed E-state index contributed by atoms with van der Waals surface area (Å²) < 4.78 is 10.6. The standard InChI is InChI=1S/C16H21ClN4O3/c1-4-15-19-14(20-24-15)9-18-16(22)21(3)10-11-8-12(17)6-7-13(11)23-5-2/h6-8H,4-5,9-10H2,1-3H3,(H,18,22). The van der Waals surface area contributed by atoms with Crippen LogP contribution in [0.1, 0.15) is 31.1 Å². The number of nitrogens with one attached hydrogen (secondary N) is 1. The Labute approximate surface area is 145 Å². The Morgan fingerprint density at radius 1 is 1.42 bits per heavy atom. The Morgan fingerprint density at radius 3 is 2.88 bits per heavy atom. The van der Waals surface area contributed by atoms with Gasteiger partial charge in [0.15, 0.2) is 5.82 Å². The highest BCUT2D eigenvalue weighted by Crippen LogP contribution is 2.24. The lowest BCUT2D eigenvalue weighted by Crippen LogP contribution is -2.36. The van der Waals surface area contributed by atoms with E-state index < -0.39 is 0 Å². The number of nitrogens with zero attached hydrogens (tertiary/aromatic N) is 3. The molecule has 0 spiro atoms. The van der Waals surface area contributed by atoms with E-state index in [9.17, 15) is 4.79 Å². The number of carbonyl (C=O) groups excluding carboxylic acids is 1. The molecule has 1 heterocycles. The molecule has 2 amide bonds. The van der Waals surface area contributed by atoms with Crippen LogP contribution in [0.15, 0.2) is 22.7 Å². The molecule has 24 heavy (non-hydrogen) atoms. The lowest BCUT2D eigenvalue weighted by atomic mass is 10.2. The average molecular weight is 353 g/mol. The zero-order valence-corrected chi connectivity index (χ0v) is 14.8. The van der Waals surface area contributed by atoms with Gasteiger partial charge in [0.05, 0.1) is 19.7 Å². The quantitative estimate of drug-likeness (QED) is 0.828. The van der Waals surface area contributed by atoms with E-state index in [1.54, 1.807) is 25.2 Å². The van der Waals surface area contributed by atoms with Gasteiger partial charge in [-0.05, 0) is 25.1 Å². The van der Waals surface area contributed by atoms with E-state index in [4.69, 9.17) is 20.9 Å². The van der Waals surface area contributed by atoms with Gasteiger partial charge in [0.2, 0.25) is 5.89 Å². The number of aryl methyl sites for hydroxylation is 1. The van der Waals surface area contributed by atoms with Crippen LogP contribution < -0.4 is 10.1 Å². The first-order chi connectivity index (χ1) is 11.5. The third-order valence-electron chi connectivity index (χ3n) is 3.29. The molecule has 0 aliphatic rings. The smallest absolute Gasteiger partial charge is 0.317 e. The fourth-order valence-electron chi connectivity index (χ4n) is 2.09. The number of halogens is 1. The van der Waals surface area contributed by atoms with Crippen molar-refractivity contribution >= 4 is 17.6 Å². The number of rotatable bonds is 7. The third-order valence-corrected chi connectivity index (χ3v) is 3.52. The maximum atomic E-state index is 12.2. The predicted octanol–water partition coefficient (Wildman–Crippen LogP) is 3.03. The van der Waals surface area contributed by atoms with Crippen molar-refractivity contribution in [3.63, 3.8) is 0 Å². The van der Waals surface area contributed by atoms with Gasteiger partial charge in [-0.2, -0.15) is 4.98 Å². The normalized spacial score (nSPS) is 10.5. The summed E-state index contributed by atoms with van der Waals surface area (Å²) in [6.45, 7) is 4.95. The summed E-state index contributed by atoms with van der Waals surface area (Å²) in [6.07, 6.45) is 0.663. The van der Waals surface area contributed by atoms with Crippen LogP contribution in [0.2, 0.25) is 5.02 Å². The van der Waals surface area contributed by atoms with E-state index in [-0.39, 0.29) is 12.6 Å². The van der Waals surface area contributed by atoms with Crippen LogP contribution in [-0.2, 0) is 19.5 Å². The number of aromatic nitrogens is 2. The summed E-state index contributed by atoms with van der Waals surface area (Å²) in [5.74, 6) is 1.71. The van der Waals surface area contributed by atoms with E-state index >= 15 is 0 Å². The lowest BCUT2D eigenvalue weighted by Gasteiger charge is -2.19. The van der Waals surface area contributed by atoms with Gasteiger partial charge in [0.1, 0.15) is 5.75 Å². The van der Waals surface area contributed by atoms with Crippen LogP contribution in [0.5, 0.6) is 5.75 Å². The summed E-state index contributed by atoms with van der Waals surface area (Å²) in [6, 6.07) is 5.11. The van der Waals surface area contributed by atoms with E-state index in [0.29, 0.717) is 42.1 Å². The maximum Gasteiger partial charge on any atom is 0.317 e. The van der Waals surface area contributed by atoms with Gasteiger partial charge in [-0.25, -0.2) is 4.79 Å². The van der Waals surface area contributed by atoms with Gasteiger partial charge in [0, 0.05) is 24.1 Å². The van der Waals surface area contributed by atoms with Crippen molar-refractivity contribution in [2.75, 3.05) is 13.7 Å². The molecule has 130 valence electrons. The molecule has 2 rings (SSSR count). The lowest BCUT2D eigenvalue weighted by molar-refractivity contribution is 0.205. The average Bonchev–Trinajstić information content (AvgIpc) is 3.03. The van der Waals surface area contributed by atoms with Crippen molar-refractivity contribution in [3.8, 4) is 5.75 Å². The van der Waals surface area contributed by atoms with Crippen LogP contribution in [0, 0.1) is 0 Å². The van der Waals surface area contributed by atoms with E-state index in [1.807, 2.05) is 13.8 Å². The molecular weight excluding hydrogens is 332 g/mol. The fraction of sp³-hybridized carbons (Fsp3) is 0.438. The highest BCUT2D eigenvalue weighted by Gasteiger charge is 2.14. The highest BCUT2D eigenvalue weighted by atomic mass is 35.5. The monoisotopic (exact) mass is 352 g/mol. The van der Waals surface area contributed by atoms with Crippen molar-refractivity contribution in [1.82, 2.24) is 20.4 Å². The first-order valence-corrected chi connectivity index (χ1v) is 8.12. The van der Waals surface area contributed by atoms with E-state index in [0.717, 1.165) is 5.56 Å². The Morgan fingerprint density at radius 2 is 2.21 bits per heavy atom. The molecule has 0 fully saturated rings. The summed E-state index contributed by atoms with van der Waals surface area (Å²) in [4.78, 5) is 17.9. The molecule has 1 aromatic heterocycles. The van der Waals surface area contributed by atoms with Crippen LogP contribution in [0.3, 0.4) is 0 Å². The number of ether oxygens (including phenoxy) is 1. The van der Waals surface area contributed by atoms with Crippen LogP contribution >= 0.6 is 11.6 Å². The zero-order valence-electron chi connectivity index (χ0n) is 14.0. The third kappa shape index (κ3) is 4.86. The molecule has 0 radical (unpaired) electrons. The molecule has 7 nitrogen and oxygen atoms in total. The van der Waals surface area contributed by atoms with E-state index in [1.165, 1.54) is 4.90 Å². The van der Waals surface area contributed by atoms with Crippen molar-refractivity contribution in [2.45, 2.75) is 33.4 Å². The number of carbonyl (C=O) groups is 1. The molecule has 2 aromatic rings. The molecule has 0 aliphatic carbocycles. The van der Waals surface area contributed by atoms with Gasteiger partial charge in [-0.15, -0.1) is 0 Å². The number of benzene rings is 1. The first kappa shape index (κ1) is 18.1. The summed E-state index contributed by atoms with van der Waals surface area (Å²) in [5.41, 5.74) is 0.842. The van der Waals surface area contributed by atoms with Gasteiger partial charge in [-0.1, -0.05) is 23.7 Å². The Balaban J connectivity index is 1.94. The molecule has 0 aliphatic heterocycles. The van der Waals surface area contributed by atoms with Gasteiger partial charge < -0.3 is 19.5 Å². The molecule has 0 bridgehead atoms. The molecule has 8 heteroatoms. The molecule has 1 aromatic carbocycles. The number of hydrogen-bond donors (Lipinski definition) is 1. The molecule has 0 saturated carbocycles. The molecule has 0 unspecified atom stereocenters. The van der Waals surface area contributed by atoms with Crippen LogP contribution in [0.25, 0.3) is 0 Å². The second-order valence-corrected chi connectivity index (χ2v) is 5.59. The maximum absolute atomic E-state index is 12.2. The fourth-order valence-corrected chi connectivity index (χ4v) is 2.29. The number of amides is 2. The van der Waals surface area contributed by atoms with Gasteiger partial charge >= 0.3 is 6.03 Å². The minimum Gasteiger partial charge on any atom is -0.494 e. The molecule has 1 N–H and O–H groups in total. The molecule has 0 saturated heterocycles. The highest BCUT2D eigenvalue weighted by molar-refractivity contribution is 6.30. The van der Waals surface area contributed by atoms with Crippen molar-refractivity contribution in [1.29, 1.82) is 0 Å². The Bertz CT molecular complexity index is 690. The first-order valence-electron chi connectivity index (χ1n) is 7.75. The molecule has 0 atom stereocenters. The zero-order chi connectivity index (χ0) is 17.5. The summed E-state index contributed by atoms with van der Waals surface area (Å²) in [5, 5.41) is 7.14. The van der Waals surface area contributed by atoms with E-state index in [2.05, 4.69) is 15.5 Å². The van der Waals surface area contributed by atoms with Gasteiger partial charge in [0.25, 0.3) is 0 Å². The second kappa shape index (κ2) is 8.54. The minimum absolute atomic E-state index is 0.209. The van der Waals surface area contributed by atoms with Crippen molar-refractivity contribution in [3.05, 3.63) is 40.5 Å². The molecular formula is C16H21ClN4O3. The van der Waals surface area contributed by atoms with Crippen LogP contribution in [-0.4, -0.2) is 34.7 Å². The topological polar surface area (TPSA) is 80.5 Å². The summed E-state index contributed by atoms with van der Waals surface area (Å²) >= 11 is 6.04. The SMILES string of the molecule is CCOc1ccc(Cl)cc1CN(C)C(=O)NCc1noc(CC)n1. The predicted molar refractivity (Wildman–Crippen MR) is 90.0 cm³/mol. The Hall–Kier alpha value is -2.28. The minimum atomic E-state index is -0.250. The summed E-state index contributed by atoms with van der Waals surface area (Å²) in [7, 11) is 1.69. The van der Waals surface area contributed by atoms with Gasteiger partial charge in [-0.3, -0.25) is 0 Å². The Kier molecular flexibility index (Phi) is 6.43. The van der Waals surface area contributed by atoms with Crippen molar-refractivity contribution in [2.24, 2.45) is 0 Å². The number of hydrogen-bond acceptors (Lipinski definition) is 5. The number of urea groups is 1. The largest absolute Gasteiger partial charge is 0.494 e.